The van der Waals surface area contributed by atoms with Gasteiger partial charge in [0.1, 0.15) is 12.2 Å². The lowest BCUT2D eigenvalue weighted by Gasteiger charge is -2.18. The number of nitrogens with one attached hydrogen (secondary N) is 4. The topological polar surface area (TPSA) is 171 Å². The SMILES string of the molecule is CNC(=O)c1nnc(NC(=O)N2CCCC2)cc1Nc1cccc(C(N)=NC=N)c1OC. The largest absolute Gasteiger partial charge is 0.494 e. The van der Waals surface area contributed by atoms with Crippen LogP contribution in [0.4, 0.5) is 22.0 Å². The molecule has 1 fully saturated rings. The molecule has 3 rings (SSSR count). The van der Waals surface area contributed by atoms with Crippen molar-refractivity contribution in [2.75, 3.05) is 37.9 Å². The van der Waals surface area contributed by atoms with E-state index in [1.54, 1.807) is 23.1 Å². The van der Waals surface area contributed by atoms with Gasteiger partial charge in [0, 0.05) is 26.2 Å². The number of ether oxygens (including phenoxy) is 1. The van der Waals surface area contributed by atoms with Crippen LogP contribution < -0.4 is 26.4 Å². The molecular formula is C20H25N9O3. The van der Waals surface area contributed by atoms with Crippen LogP contribution >= 0.6 is 0 Å². The Morgan fingerprint density at radius 1 is 1.25 bits per heavy atom. The van der Waals surface area contributed by atoms with E-state index in [-0.39, 0.29) is 23.4 Å². The molecule has 168 valence electrons. The zero-order valence-electron chi connectivity index (χ0n) is 17.8. The molecule has 2 aromatic rings. The summed E-state index contributed by atoms with van der Waals surface area (Å²) in [7, 11) is 2.94. The maximum Gasteiger partial charge on any atom is 0.323 e. The van der Waals surface area contributed by atoms with Gasteiger partial charge in [-0.05, 0) is 25.0 Å². The fourth-order valence-corrected chi connectivity index (χ4v) is 3.28. The van der Waals surface area contributed by atoms with Gasteiger partial charge in [-0.1, -0.05) is 6.07 Å². The molecule has 2 heterocycles. The molecule has 1 aliphatic heterocycles. The first-order valence-electron chi connectivity index (χ1n) is 9.90. The number of methoxy groups -OCH3 is 1. The van der Waals surface area contributed by atoms with Crippen molar-refractivity contribution in [1.82, 2.24) is 20.4 Å². The van der Waals surface area contributed by atoms with Gasteiger partial charge in [0.2, 0.25) is 0 Å². The predicted octanol–water partition coefficient (Wildman–Crippen LogP) is 1.53. The standard InChI is InChI=1S/C20H25N9O3/c1-23-19(30)16-14(10-15(27-28-16)26-20(31)29-8-3-4-9-29)25-13-7-5-6-12(17(13)32-2)18(22)24-11-21/h5-7,10-11H,3-4,8-9H2,1-2H3,(H,23,30)(H3,21,22,24)(H2,25,26,27,31). The number of hydrogen-bond acceptors (Lipinski definition) is 7. The van der Waals surface area contributed by atoms with E-state index in [0.717, 1.165) is 19.2 Å². The first-order chi connectivity index (χ1) is 15.5. The Hall–Kier alpha value is -4.22. The lowest BCUT2D eigenvalue weighted by Crippen LogP contribution is -2.32. The first-order valence-corrected chi connectivity index (χ1v) is 9.90. The third-order valence-corrected chi connectivity index (χ3v) is 4.83. The number of carbonyl (C=O) groups is 2. The van der Waals surface area contributed by atoms with Gasteiger partial charge in [-0.25, -0.2) is 9.79 Å². The van der Waals surface area contributed by atoms with Gasteiger partial charge in [-0.15, -0.1) is 10.2 Å². The Bertz CT molecular complexity index is 1050. The number of amidine groups is 1. The zero-order valence-corrected chi connectivity index (χ0v) is 17.8. The van der Waals surface area contributed by atoms with Gasteiger partial charge in [0.25, 0.3) is 5.91 Å². The molecule has 1 saturated heterocycles. The number of nitrogens with zero attached hydrogens (tertiary/aromatic N) is 4. The van der Waals surface area contributed by atoms with E-state index < -0.39 is 5.91 Å². The number of urea groups is 1. The number of aliphatic imine (C=N–C) groups is 1. The van der Waals surface area contributed by atoms with E-state index in [4.69, 9.17) is 15.9 Å². The number of benzene rings is 1. The maximum absolute atomic E-state index is 12.4. The number of para-hydroxylation sites is 1. The number of aromatic nitrogens is 2. The zero-order chi connectivity index (χ0) is 23.1. The van der Waals surface area contributed by atoms with Crippen molar-refractivity contribution in [2.24, 2.45) is 10.7 Å². The fraction of sp³-hybridized carbons (Fsp3) is 0.300. The van der Waals surface area contributed by atoms with Crippen LogP contribution in [0.25, 0.3) is 0 Å². The quantitative estimate of drug-likeness (QED) is 0.321. The highest BCUT2D eigenvalue weighted by atomic mass is 16.5. The average Bonchev–Trinajstić information content (AvgIpc) is 3.34. The molecule has 1 aromatic heterocycles. The van der Waals surface area contributed by atoms with Crippen molar-refractivity contribution in [1.29, 1.82) is 5.41 Å². The Morgan fingerprint density at radius 2 is 2.00 bits per heavy atom. The van der Waals surface area contributed by atoms with Crippen molar-refractivity contribution < 1.29 is 14.3 Å². The predicted molar refractivity (Wildman–Crippen MR) is 121 cm³/mol. The minimum Gasteiger partial charge on any atom is -0.494 e. The number of hydrogen-bond donors (Lipinski definition) is 5. The molecular weight excluding hydrogens is 414 g/mol. The van der Waals surface area contributed by atoms with Gasteiger partial charge in [-0.3, -0.25) is 15.5 Å². The number of anilines is 3. The van der Waals surface area contributed by atoms with E-state index in [1.165, 1.54) is 20.2 Å². The van der Waals surface area contributed by atoms with Gasteiger partial charge >= 0.3 is 6.03 Å². The van der Waals surface area contributed by atoms with Crippen LogP contribution in [0, 0.1) is 5.41 Å². The van der Waals surface area contributed by atoms with Crippen LogP contribution in [0.5, 0.6) is 5.75 Å². The fourth-order valence-electron chi connectivity index (χ4n) is 3.28. The van der Waals surface area contributed by atoms with Crippen molar-refractivity contribution in [3.8, 4) is 5.75 Å². The summed E-state index contributed by atoms with van der Waals surface area (Å²) in [5, 5.41) is 23.4. The highest BCUT2D eigenvalue weighted by molar-refractivity contribution is 6.05. The summed E-state index contributed by atoms with van der Waals surface area (Å²) in [5.41, 5.74) is 7.20. The van der Waals surface area contributed by atoms with Crippen LogP contribution in [-0.2, 0) is 0 Å². The first kappa shape index (κ1) is 22.5. The van der Waals surface area contributed by atoms with Gasteiger partial charge in [-0.2, -0.15) is 0 Å². The molecule has 0 aliphatic carbocycles. The second-order valence-corrected chi connectivity index (χ2v) is 6.85. The summed E-state index contributed by atoms with van der Waals surface area (Å²) >= 11 is 0. The summed E-state index contributed by atoms with van der Waals surface area (Å²) < 4.78 is 5.49. The minimum absolute atomic E-state index is 0.0280. The summed E-state index contributed by atoms with van der Waals surface area (Å²) in [6.07, 6.45) is 2.75. The summed E-state index contributed by atoms with van der Waals surface area (Å²) in [4.78, 5) is 30.2. The third kappa shape index (κ3) is 4.91. The van der Waals surface area contributed by atoms with Gasteiger partial charge in [0.05, 0.1) is 24.0 Å². The number of rotatable bonds is 7. The normalized spacial score (nSPS) is 13.4. The molecule has 0 saturated carbocycles. The van der Waals surface area contributed by atoms with E-state index in [0.29, 0.717) is 35.8 Å². The Labute approximate surface area is 184 Å². The summed E-state index contributed by atoms with van der Waals surface area (Å²) in [5.74, 6) is 0.186. The summed E-state index contributed by atoms with van der Waals surface area (Å²) in [6.45, 7) is 1.37. The second kappa shape index (κ2) is 10.2. The van der Waals surface area contributed by atoms with Crippen molar-refractivity contribution in [2.45, 2.75) is 12.8 Å². The number of nitrogens with two attached hydrogens (primary N) is 1. The van der Waals surface area contributed by atoms with Crippen LogP contribution in [0.15, 0.2) is 29.3 Å². The third-order valence-electron chi connectivity index (χ3n) is 4.83. The number of carbonyl (C=O) groups excluding carboxylic acids is 2. The lowest BCUT2D eigenvalue weighted by molar-refractivity contribution is 0.0958. The van der Waals surface area contributed by atoms with Crippen LogP contribution in [0.3, 0.4) is 0 Å². The van der Waals surface area contributed by atoms with Crippen molar-refractivity contribution >= 4 is 41.3 Å². The van der Waals surface area contributed by atoms with E-state index >= 15 is 0 Å². The summed E-state index contributed by atoms with van der Waals surface area (Å²) in [6, 6.07) is 6.38. The molecule has 12 heteroatoms. The van der Waals surface area contributed by atoms with E-state index in [9.17, 15) is 9.59 Å². The lowest BCUT2D eigenvalue weighted by atomic mass is 10.1. The molecule has 32 heavy (non-hydrogen) atoms. The molecule has 1 aliphatic rings. The van der Waals surface area contributed by atoms with E-state index in [1.807, 2.05) is 0 Å². The molecule has 0 atom stereocenters. The van der Waals surface area contributed by atoms with Crippen molar-refractivity contribution in [3.05, 3.63) is 35.5 Å². The number of amides is 3. The molecule has 0 unspecified atom stereocenters. The molecule has 12 nitrogen and oxygen atoms in total. The molecule has 0 bridgehead atoms. The molecule has 1 aromatic carbocycles. The van der Waals surface area contributed by atoms with Crippen LogP contribution in [0.1, 0.15) is 28.9 Å². The van der Waals surface area contributed by atoms with Gasteiger partial charge < -0.3 is 26.0 Å². The molecule has 3 amide bonds. The average molecular weight is 439 g/mol. The van der Waals surface area contributed by atoms with Gasteiger partial charge in [0.15, 0.2) is 17.3 Å². The van der Waals surface area contributed by atoms with Crippen molar-refractivity contribution in [3.63, 3.8) is 0 Å². The monoisotopic (exact) mass is 439 g/mol. The Kier molecular flexibility index (Phi) is 7.16. The Balaban J connectivity index is 1.97. The molecule has 0 spiro atoms. The minimum atomic E-state index is -0.461. The Morgan fingerprint density at radius 3 is 2.66 bits per heavy atom. The smallest absolute Gasteiger partial charge is 0.323 e. The maximum atomic E-state index is 12.4. The molecule has 6 N–H and O–H groups in total. The number of likely N-dealkylation sites (tertiary alicyclic amines) is 1. The highest BCUT2D eigenvalue weighted by Gasteiger charge is 2.21. The highest BCUT2D eigenvalue weighted by Crippen LogP contribution is 2.32. The van der Waals surface area contributed by atoms with Crippen LogP contribution in [0.2, 0.25) is 0 Å². The second-order valence-electron chi connectivity index (χ2n) is 6.85. The van der Waals surface area contributed by atoms with Crippen LogP contribution in [-0.4, -0.2) is 66.5 Å². The molecule has 0 radical (unpaired) electrons. The van der Waals surface area contributed by atoms with E-state index in [2.05, 4.69) is 31.1 Å².